The van der Waals surface area contributed by atoms with E-state index < -0.39 is 27.5 Å². The fourth-order valence-corrected chi connectivity index (χ4v) is 8.76. The van der Waals surface area contributed by atoms with Crippen LogP contribution in [0.5, 0.6) is 11.6 Å². The summed E-state index contributed by atoms with van der Waals surface area (Å²) in [5.41, 5.74) is -1.66. The van der Waals surface area contributed by atoms with Gasteiger partial charge in [0, 0.05) is 24.8 Å². The number of anilines is 1. The van der Waals surface area contributed by atoms with Crippen LogP contribution in [0.3, 0.4) is 0 Å². The van der Waals surface area contributed by atoms with Crippen molar-refractivity contribution in [1.82, 2.24) is 20.5 Å². The van der Waals surface area contributed by atoms with Crippen LogP contribution in [0, 0.1) is 23.2 Å². The van der Waals surface area contributed by atoms with Crippen molar-refractivity contribution in [2.75, 3.05) is 44.2 Å². The summed E-state index contributed by atoms with van der Waals surface area (Å²) in [5.74, 6) is 0.258. The maximum absolute atomic E-state index is 15.0. The van der Waals surface area contributed by atoms with Gasteiger partial charge in [-0.25, -0.2) is 18.2 Å². The lowest BCUT2D eigenvalue weighted by molar-refractivity contribution is -0.121. The molecule has 12 nitrogen and oxygen atoms in total. The molecular weight excluding hydrogens is 620 g/mol. The number of urea groups is 1. The van der Waals surface area contributed by atoms with E-state index in [9.17, 15) is 18.5 Å². The zero-order valence-corrected chi connectivity index (χ0v) is 27.3. The molecule has 4 heterocycles. The number of sulfonamides is 1. The van der Waals surface area contributed by atoms with E-state index in [1.54, 1.807) is 30.0 Å². The molecule has 13 heteroatoms. The summed E-state index contributed by atoms with van der Waals surface area (Å²) in [6, 6.07) is 15.0. The van der Waals surface area contributed by atoms with Crippen molar-refractivity contribution in [3.8, 4) is 17.7 Å². The van der Waals surface area contributed by atoms with Crippen molar-refractivity contribution in [3.63, 3.8) is 0 Å². The summed E-state index contributed by atoms with van der Waals surface area (Å²) < 4.78 is 40.8. The molecule has 3 aliphatic heterocycles. The first kappa shape index (κ1) is 32.3. The van der Waals surface area contributed by atoms with Crippen LogP contribution >= 0.6 is 0 Å². The molecule has 47 heavy (non-hydrogen) atoms. The Kier molecular flexibility index (Phi) is 9.07. The molecule has 246 valence electrons. The number of para-hydroxylation sites is 1. The third kappa shape index (κ3) is 5.65. The molecule has 1 aromatic heterocycles. The molecule has 0 aliphatic carbocycles. The molecule has 0 saturated carbocycles. The van der Waals surface area contributed by atoms with Gasteiger partial charge in [-0.1, -0.05) is 12.1 Å². The largest absolute Gasteiger partial charge is 0.495 e. The number of aromatic nitrogens is 1. The molecule has 0 radical (unpaired) electrons. The van der Waals surface area contributed by atoms with E-state index in [-0.39, 0.29) is 45.5 Å². The van der Waals surface area contributed by atoms with Gasteiger partial charge in [0.05, 0.1) is 36.6 Å². The number of rotatable bonds is 8. The fourth-order valence-electron chi connectivity index (χ4n) is 7.13. The molecule has 3 aliphatic rings. The van der Waals surface area contributed by atoms with Crippen molar-refractivity contribution >= 4 is 27.6 Å². The zero-order chi connectivity index (χ0) is 33.2. The van der Waals surface area contributed by atoms with Crippen molar-refractivity contribution in [2.45, 2.75) is 43.0 Å². The normalized spacial score (nSPS) is 20.4. The Morgan fingerprint density at radius 3 is 2.49 bits per heavy atom. The summed E-state index contributed by atoms with van der Waals surface area (Å²) >= 11 is 0. The molecule has 3 aromatic rings. The van der Waals surface area contributed by atoms with Crippen LogP contribution in [-0.2, 0) is 20.4 Å². The van der Waals surface area contributed by atoms with Crippen LogP contribution in [0.4, 0.5) is 10.5 Å². The standard InChI is InChI=1S/C34H38N6O6S/c1-3-46-31-26(7-6-16-37-31)34(38-33(42)39-19-14-25(15-20-39)24-12-17-36-18-13-24)27-21-23(22-35)10-11-28(27)40(32(34)41)47(43,44)30-9-5-4-8-29(30)45-2/h4-11,16,21,24-25,36H,3,12-15,17-20H2,1-2H3,(H,38,42). The van der Waals surface area contributed by atoms with Crippen LogP contribution in [0.2, 0.25) is 0 Å². The summed E-state index contributed by atoms with van der Waals surface area (Å²) in [7, 11) is -3.26. The first-order valence-electron chi connectivity index (χ1n) is 15.9. The fraction of sp³-hybridized carbons (Fsp3) is 0.412. The van der Waals surface area contributed by atoms with Gasteiger partial charge in [0.25, 0.3) is 15.9 Å². The van der Waals surface area contributed by atoms with Crippen LogP contribution in [0.1, 0.15) is 49.3 Å². The number of hydrogen-bond donors (Lipinski definition) is 2. The molecular formula is C34H38N6O6S. The number of ether oxygens (including phenoxy) is 2. The topological polar surface area (TPSA) is 154 Å². The molecule has 1 atom stereocenters. The highest BCUT2D eigenvalue weighted by Crippen LogP contribution is 2.50. The average Bonchev–Trinajstić information content (AvgIpc) is 3.36. The quantitative estimate of drug-likeness (QED) is 0.368. The number of methoxy groups -OCH3 is 1. The highest BCUT2D eigenvalue weighted by atomic mass is 32.2. The van der Waals surface area contributed by atoms with Gasteiger partial charge in [-0.05, 0) is 100.0 Å². The molecule has 0 bridgehead atoms. The summed E-state index contributed by atoms with van der Waals surface area (Å²) in [6.07, 6.45) is 5.39. The van der Waals surface area contributed by atoms with Crippen LogP contribution in [0.25, 0.3) is 0 Å². The van der Waals surface area contributed by atoms with Crippen LogP contribution in [-0.4, -0.2) is 70.1 Å². The Bertz CT molecular complexity index is 1810. The van der Waals surface area contributed by atoms with E-state index in [0.29, 0.717) is 29.2 Å². The van der Waals surface area contributed by atoms with Gasteiger partial charge in [0.2, 0.25) is 5.88 Å². The van der Waals surface area contributed by atoms with E-state index in [2.05, 4.69) is 21.7 Å². The highest BCUT2D eigenvalue weighted by molar-refractivity contribution is 7.93. The molecule has 2 saturated heterocycles. The maximum Gasteiger partial charge on any atom is 0.318 e. The lowest BCUT2D eigenvalue weighted by Crippen LogP contribution is -2.58. The van der Waals surface area contributed by atoms with E-state index >= 15 is 4.79 Å². The van der Waals surface area contributed by atoms with Crippen molar-refractivity contribution in [1.29, 1.82) is 5.26 Å². The van der Waals surface area contributed by atoms with E-state index in [1.807, 2.05) is 0 Å². The van der Waals surface area contributed by atoms with Crippen molar-refractivity contribution in [2.24, 2.45) is 11.8 Å². The van der Waals surface area contributed by atoms with Gasteiger partial charge in [-0.3, -0.25) is 4.79 Å². The average molecular weight is 659 g/mol. The minimum Gasteiger partial charge on any atom is -0.495 e. The maximum atomic E-state index is 15.0. The first-order chi connectivity index (χ1) is 22.8. The van der Waals surface area contributed by atoms with Crippen LogP contribution in [0.15, 0.2) is 65.7 Å². The van der Waals surface area contributed by atoms with Gasteiger partial charge < -0.3 is 25.0 Å². The molecule has 6 rings (SSSR count). The smallest absolute Gasteiger partial charge is 0.318 e. The Labute approximate surface area is 274 Å². The third-order valence-corrected chi connectivity index (χ3v) is 11.2. The number of piperidine rings is 2. The number of likely N-dealkylation sites (tertiary alicyclic amines) is 1. The molecule has 2 aromatic carbocycles. The second-order valence-electron chi connectivity index (χ2n) is 12.0. The molecule has 3 amide bonds. The van der Waals surface area contributed by atoms with E-state index in [0.717, 1.165) is 38.8 Å². The van der Waals surface area contributed by atoms with Gasteiger partial charge in [0.1, 0.15) is 10.6 Å². The predicted octanol–water partition coefficient (Wildman–Crippen LogP) is 3.76. The Balaban J connectivity index is 1.47. The minimum absolute atomic E-state index is 0.00359. The predicted molar refractivity (Wildman–Crippen MR) is 173 cm³/mol. The number of pyridine rings is 1. The van der Waals surface area contributed by atoms with E-state index in [1.165, 1.54) is 49.7 Å². The molecule has 2 N–H and O–H groups in total. The Hall–Kier alpha value is -4.67. The number of nitriles is 1. The highest BCUT2D eigenvalue weighted by Gasteiger charge is 2.59. The number of fused-ring (bicyclic) bond motifs is 1. The Morgan fingerprint density at radius 1 is 1.06 bits per heavy atom. The first-order valence-corrected chi connectivity index (χ1v) is 17.3. The SMILES string of the molecule is CCOc1ncccc1C1(NC(=O)N2CCC(C3CCNCC3)CC2)C(=O)N(S(=O)(=O)c2ccccc2OC)c2ccc(C#N)cc21. The van der Waals surface area contributed by atoms with Gasteiger partial charge in [-0.2, -0.15) is 9.57 Å². The molecule has 1 unspecified atom stereocenters. The third-order valence-electron chi connectivity index (χ3n) is 9.47. The number of carbonyl (C=O) groups is 2. The molecule has 0 spiro atoms. The zero-order valence-electron chi connectivity index (χ0n) is 26.4. The number of amides is 3. The lowest BCUT2D eigenvalue weighted by atomic mass is 9.79. The van der Waals surface area contributed by atoms with Gasteiger partial charge in [-0.15, -0.1) is 0 Å². The number of nitrogens with one attached hydrogen (secondary N) is 2. The number of carbonyl (C=O) groups excluding carboxylic acids is 2. The summed E-state index contributed by atoms with van der Waals surface area (Å²) in [5, 5.41) is 16.3. The summed E-state index contributed by atoms with van der Waals surface area (Å²) in [4.78, 5) is 35.1. The number of nitrogens with zero attached hydrogens (tertiary/aromatic N) is 4. The second kappa shape index (κ2) is 13.2. The second-order valence-corrected chi connectivity index (χ2v) is 13.7. The monoisotopic (exact) mass is 658 g/mol. The van der Waals surface area contributed by atoms with Crippen molar-refractivity contribution in [3.05, 3.63) is 77.5 Å². The summed E-state index contributed by atoms with van der Waals surface area (Å²) in [6.45, 7) is 4.94. The molecule has 2 fully saturated rings. The number of benzene rings is 2. The Morgan fingerprint density at radius 2 is 1.79 bits per heavy atom. The van der Waals surface area contributed by atoms with Gasteiger partial charge in [0.15, 0.2) is 5.54 Å². The number of hydrogen-bond acceptors (Lipinski definition) is 9. The van der Waals surface area contributed by atoms with Crippen molar-refractivity contribution < 1.29 is 27.5 Å². The van der Waals surface area contributed by atoms with Crippen LogP contribution < -0.4 is 24.4 Å². The van der Waals surface area contributed by atoms with E-state index in [4.69, 9.17) is 9.47 Å². The minimum atomic E-state index is -4.60. The lowest BCUT2D eigenvalue weighted by Gasteiger charge is -2.39. The van der Waals surface area contributed by atoms with Gasteiger partial charge >= 0.3 is 6.03 Å².